The summed E-state index contributed by atoms with van der Waals surface area (Å²) in [4.78, 5) is 12.3. The zero-order chi connectivity index (χ0) is 17.4. The molecular weight excluding hydrogens is 302 g/mol. The monoisotopic (exact) mass is 327 g/mol. The number of hydrogen-bond donors (Lipinski definition) is 1. The molecule has 0 fully saturated rings. The van der Waals surface area contributed by atoms with Gasteiger partial charge in [0.25, 0.3) is 5.91 Å². The molecule has 1 N–H and O–H groups in total. The Morgan fingerprint density at radius 3 is 2.67 bits per heavy atom. The molecule has 0 bridgehead atoms. The van der Waals surface area contributed by atoms with Crippen molar-refractivity contribution in [3.63, 3.8) is 0 Å². The van der Waals surface area contributed by atoms with Crippen LogP contribution in [0.4, 0.5) is 0 Å². The average Bonchev–Trinajstić information content (AvgIpc) is 2.60. The maximum absolute atomic E-state index is 12.3. The molecule has 0 aliphatic carbocycles. The number of hydrogen-bond acceptors (Lipinski definition) is 3. The minimum Gasteiger partial charge on any atom is -0.494 e. The van der Waals surface area contributed by atoms with Gasteiger partial charge in [0.05, 0.1) is 6.61 Å². The van der Waals surface area contributed by atoms with Crippen LogP contribution in [0.25, 0.3) is 0 Å². The molecule has 0 radical (unpaired) electrons. The Balaban J connectivity index is 1.91. The minimum atomic E-state index is -0.548. The van der Waals surface area contributed by atoms with E-state index in [0.717, 1.165) is 29.0 Å². The molecule has 0 heterocycles. The normalized spacial score (nSPS) is 11.6. The second-order valence-electron chi connectivity index (χ2n) is 5.52. The lowest BCUT2D eigenvalue weighted by Gasteiger charge is -2.17. The Morgan fingerprint density at radius 1 is 1.12 bits per heavy atom. The molecule has 2 aromatic carbocycles. The maximum atomic E-state index is 12.3. The molecule has 0 aliphatic rings. The van der Waals surface area contributed by atoms with Gasteiger partial charge < -0.3 is 14.8 Å². The number of amides is 1. The van der Waals surface area contributed by atoms with Gasteiger partial charge in [-0.1, -0.05) is 37.3 Å². The van der Waals surface area contributed by atoms with Gasteiger partial charge in [0, 0.05) is 6.54 Å². The second kappa shape index (κ2) is 8.96. The summed E-state index contributed by atoms with van der Waals surface area (Å²) in [6.45, 7) is 6.85. The molecule has 4 nitrogen and oxygen atoms in total. The fourth-order valence-electron chi connectivity index (χ4n) is 2.40. The van der Waals surface area contributed by atoms with E-state index in [9.17, 15) is 4.79 Å². The highest BCUT2D eigenvalue weighted by molar-refractivity contribution is 5.80. The minimum absolute atomic E-state index is 0.136. The van der Waals surface area contributed by atoms with Gasteiger partial charge in [-0.3, -0.25) is 4.79 Å². The lowest BCUT2D eigenvalue weighted by Crippen LogP contribution is -2.36. The van der Waals surface area contributed by atoms with Gasteiger partial charge in [0.15, 0.2) is 6.10 Å². The zero-order valence-electron chi connectivity index (χ0n) is 14.5. The Labute approximate surface area is 143 Å². The molecule has 1 atom stereocenters. The number of carbonyl (C=O) groups is 1. The first-order chi connectivity index (χ1) is 11.6. The van der Waals surface area contributed by atoms with E-state index in [-0.39, 0.29) is 5.91 Å². The first kappa shape index (κ1) is 17.9. The number of para-hydroxylation sites is 1. The lowest BCUT2D eigenvalue weighted by molar-refractivity contribution is -0.127. The van der Waals surface area contributed by atoms with E-state index in [1.807, 2.05) is 55.5 Å². The molecule has 24 heavy (non-hydrogen) atoms. The summed E-state index contributed by atoms with van der Waals surface area (Å²) in [5.74, 6) is 1.44. The lowest BCUT2D eigenvalue weighted by atomic mass is 10.1. The smallest absolute Gasteiger partial charge is 0.261 e. The Kier molecular flexibility index (Phi) is 6.67. The molecule has 0 unspecified atom stereocenters. The molecule has 4 heteroatoms. The van der Waals surface area contributed by atoms with Crippen LogP contribution in [-0.2, 0) is 17.8 Å². The van der Waals surface area contributed by atoms with Crippen LogP contribution in [0.1, 0.15) is 31.9 Å². The maximum Gasteiger partial charge on any atom is 0.261 e. The van der Waals surface area contributed by atoms with Crippen molar-refractivity contribution in [2.75, 3.05) is 6.61 Å². The SMILES string of the molecule is CCOc1cccc(CNC(=O)[C@H](C)Oc2ccccc2CC)c1. The Hall–Kier alpha value is -2.49. The van der Waals surface area contributed by atoms with E-state index in [0.29, 0.717) is 13.2 Å². The summed E-state index contributed by atoms with van der Waals surface area (Å²) >= 11 is 0. The fourth-order valence-corrected chi connectivity index (χ4v) is 2.40. The number of carbonyl (C=O) groups excluding carboxylic acids is 1. The van der Waals surface area contributed by atoms with Crippen molar-refractivity contribution in [1.29, 1.82) is 0 Å². The highest BCUT2D eigenvalue weighted by atomic mass is 16.5. The number of nitrogens with one attached hydrogen (secondary N) is 1. The summed E-state index contributed by atoms with van der Waals surface area (Å²) in [5, 5.41) is 2.91. The summed E-state index contributed by atoms with van der Waals surface area (Å²) in [7, 11) is 0. The molecule has 0 spiro atoms. The molecule has 0 aromatic heterocycles. The van der Waals surface area contributed by atoms with Crippen LogP contribution in [0.5, 0.6) is 11.5 Å². The molecule has 128 valence electrons. The standard InChI is InChI=1S/C20H25NO3/c1-4-17-10-6-7-12-19(17)24-15(3)20(22)21-14-16-9-8-11-18(13-16)23-5-2/h6-13,15H,4-5,14H2,1-3H3,(H,21,22)/t15-/m0/s1. The average molecular weight is 327 g/mol. The predicted molar refractivity (Wildman–Crippen MR) is 95.4 cm³/mol. The van der Waals surface area contributed by atoms with Gasteiger partial charge >= 0.3 is 0 Å². The van der Waals surface area contributed by atoms with Gasteiger partial charge in [-0.2, -0.15) is 0 Å². The topological polar surface area (TPSA) is 47.6 Å². The van der Waals surface area contributed by atoms with Crippen LogP contribution in [0.3, 0.4) is 0 Å². The third kappa shape index (κ3) is 5.01. The van der Waals surface area contributed by atoms with E-state index in [4.69, 9.17) is 9.47 Å². The highest BCUT2D eigenvalue weighted by Crippen LogP contribution is 2.20. The van der Waals surface area contributed by atoms with Crippen LogP contribution in [0.15, 0.2) is 48.5 Å². The van der Waals surface area contributed by atoms with Crippen molar-refractivity contribution in [2.24, 2.45) is 0 Å². The van der Waals surface area contributed by atoms with Gasteiger partial charge in [0.2, 0.25) is 0 Å². The van der Waals surface area contributed by atoms with Gasteiger partial charge in [-0.05, 0) is 49.6 Å². The Morgan fingerprint density at radius 2 is 1.92 bits per heavy atom. The van der Waals surface area contributed by atoms with Crippen molar-refractivity contribution in [3.05, 3.63) is 59.7 Å². The van der Waals surface area contributed by atoms with E-state index in [1.165, 1.54) is 0 Å². The van der Waals surface area contributed by atoms with Crippen LogP contribution < -0.4 is 14.8 Å². The quantitative estimate of drug-likeness (QED) is 0.803. The third-order valence-electron chi connectivity index (χ3n) is 3.70. The van der Waals surface area contributed by atoms with E-state index in [2.05, 4.69) is 12.2 Å². The summed E-state index contributed by atoms with van der Waals surface area (Å²) < 4.78 is 11.3. The van der Waals surface area contributed by atoms with E-state index < -0.39 is 6.10 Å². The van der Waals surface area contributed by atoms with Crippen molar-refractivity contribution in [1.82, 2.24) is 5.32 Å². The van der Waals surface area contributed by atoms with Gasteiger partial charge in [-0.15, -0.1) is 0 Å². The molecular formula is C20H25NO3. The molecule has 0 aliphatic heterocycles. The summed E-state index contributed by atoms with van der Waals surface area (Å²) in [5.41, 5.74) is 2.09. The zero-order valence-corrected chi connectivity index (χ0v) is 14.5. The van der Waals surface area contributed by atoms with Crippen molar-refractivity contribution in [2.45, 2.75) is 39.8 Å². The van der Waals surface area contributed by atoms with Crippen molar-refractivity contribution >= 4 is 5.91 Å². The first-order valence-electron chi connectivity index (χ1n) is 8.38. The Bertz CT molecular complexity index is 669. The van der Waals surface area contributed by atoms with E-state index >= 15 is 0 Å². The molecule has 1 amide bonds. The number of rotatable bonds is 8. The predicted octanol–water partition coefficient (Wildman–Crippen LogP) is 3.73. The van der Waals surface area contributed by atoms with Gasteiger partial charge in [0.1, 0.15) is 11.5 Å². The molecule has 0 saturated carbocycles. The number of aryl methyl sites for hydroxylation is 1. The molecule has 2 rings (SSSR count). The van der Waals surface area contributed by atoms with Crippen LogP contribution in [0, 0.1) is 0 Å². The van der Waals surface area contributed by atoms with Crippen molar-refractivity contribution < 1.29 is 14.3 Å². The second-order valence-corrected chi connectivity index (χ2v) is 5.52. The van der Waals surface area contributed by atoms with Crippen LogP contribution in [-0.4, -0.2) is 18.6 Å². The molecule has 0 saturated heterocycles. The third-order valence-corrected chi connectivity index (χ3v) is 3.70. The summed E-state index contributed by atoms with van der Waals surface area (Å²) in [6.07, 6.45) is 0.321. The number of benzene rings is 2. The van der Waals surface area contributed by atoms with Crippen LogP contribution in [0.2, 0.25) is 0 Å². The fraction of sp³-hybridized carbons (Fsp3) is 0.350. The first-order valence-corrected chi connectivity index (χ1v) is 8.38. The highest BCUT2D eigenvalue weighted by Gasteiger charge is 2.15. The molecule has 2 aromatic rings. The number of ether oxygens (including phenoxy) is 2. The van der Waals surface area contributed by atoms with Gasteiger partial charge in [-0.25, -0.2) is 0 Å². The summed E-state index contributed by atoms with van der Waals surface area (Å²) in [6, 6.07) is 15.5. The van der Waals surface area contributed by atoms with Crippen LogP contribution >= 0.6 is 0 Å². The van der Waals surface area contributed by atoms with E-state index in [1.54, 1.807) is 6.92 Å². The largest absolute Gasteiger partial charge is 0.494 e. The van der Waals surface area contributed by atoms with Crippen molar-refractivity contribution in [3.8, 4) is 11.5 Å².